The molecule has 0 bridgehead atoms. The zero-order chi connectivity index (χ0) is 22.9. The van der Waals surface area contributed by atoms with E-state index in [9.17, 15) is 0 Å². The molecule has 8 nitrogen and oxygen atoms in total. The molecule has 9 heteroatoms. The number of thiophene rings is 1. The number of hydrogen-bond donors (Lipinski definition) is 1. The summed E-state index contributed by atoms with van der Waals surface area (Å²) >= 11 is 1.86. The molecule has 1 atom stereocenters. The Morgan fingerprint density at radius 3 is 2.91 bits per heavy atom. The van der Waals surface area contributed by atoms with Gasteiger partial charge in [-0.25, -0.2) is 19.9 Å². The summed E-state index contributed by atoms with van der Waals surface area (Å²) in [5.41, 5.74) is 2.56. The van der Waals surface area contributed by atoms with E-state index in [1.165, 1.54) is 22.2 Å². The number of hydrogen-bond acceptors (Lipinski definition) is 8. The van der Waals surface area contributed by atoms with Gasteiger partial charge in [-0.2, -0.15) is 0 Å². The highest BCUT2D eigenvalue weighted by Gasteiger charge is 2.24. The van der Waals surface area contributed by atoms with Crippen molar-refractivity contribution in [3.63, 3.8) is 0 Å². The number of nitrogens with one attached hydrogen (secondary N) is 1. The Hall–Kier alpha value is -2.88. The first kappa shape index (κ1) is 21.6. The van der Waals surface area contributed by atoms with Crippen LogP contribution in [0, 0.1) is 5.92 Å². The zero-order valence-electron chi connectivity index (χ0n) is 19.4. The standard InChI is InChI=1S/C25H29N7OS/c1-17-2-4-19-20(12-17)34-25-23(19)24(29-21(30-25)15-31-8-10-33-11-9-31)28-14-18-3-5-22(27-13-18)32-7-6-26-16-32/h3,5-7,13,16-17H,2,4,8-12,14-15H2,1H3,(H,28,29,30)/t17-/m0/s1. The van der Waals surface area contributed by atoms with E-state index in [2.05, 4.69) is 33.2 Å². The van der Waals surface area contributed by atoms with Crippen molar-refractivity contribution in [2.45, 2.75) is 39.3 Å². The van der Waals surface area contributed by atoms with Gasteiger partial charge in [0.05, 0.1) is 25.1 Å². The van der Waals surface area contributed by atoms with Gasteiger partial charge >= 0.3 is 0 Å². The average Bonchev–Trinajstić information content (AvgIpc) is 3.51. The Morgan fingerprint density at radius 2 is 2.12 bits per heavy atom. The summed E-state index contributed by atoms with van der Waals surface area (Å²) in [5, 5.41) is 4.86. The van der Waals surface area contributed by atoms with E-state index in [1.807, 2.05) is 34.4 Å². The van der Waals surface area contributed by atoms with Crippen molar-refractivity contribution in [2.75, 3.05) is 31.6 Å². The Morgan fingerprint density at radius 1 is 1.21 bits per heavy atom. The summed E-state index contributed by atoms with van der Waals surface area (Å²) in [4.78, 5) is 23.7. The quantitative estimate of drug-likeness (QED) is 0.454. The van der Waals surface area contributed by atoms with Gasteiger partial charge in [0.2, 0.25) is 0 Å². The first-order valence-corrected chi connectivity index (χ1v) is 12.8. The molecule has 0 radical (unpaired) electrons. The molecule has 4 aromatic rings. The van der Waals surface area contributed by atoms with E-state index >= 15 is 0 Å². The molecule has 1 fully saturated rings. The predicted octanol–water partition coefficient (Wildman–Crippen LogP) is 3.84. The Bertz CT molecular complexity index is 1260. The van der Waals surface area contributed by atoms with Crippen LogP contribution in [-0.2, 0) is 30.7 Å². The average molecular weight is 476 g/mol. The minimum absolute atomic E-state index is 0.668. The van der Waals surface area contributed by atoms with Crippen LogP contribution in [0.3, 0.4) is 0 Å². The van der Waals surface area contributed by atoms with Gasteiger partial charge in [-0.15, -0.1) is 11.3 Å². The molecule has 2 aliphatic rings. The van der Waals surface area contributed by atoms with Crippen LogP contribution in [0.5, 0.6) is 0 Å². The van der Waals surface area contributed by atoms with E-state index in [1.54, 1.807) is 12.5 Å². The van der Waals surface area contributed by atoms with Crippen LogP contribution in [0.4, 0.5) is 5.82 Å². The summed E-state index contributed by atoms with van der Waals surface area (Å²) in [6.07, 6.45) is 10.8. The second kappa shape index (κ2) is 9.40. The molecule has 1 aliphatic heterocycles. The molecule has 4 aromatic heterocycles. The van der Waals surface area contributed by atoms with Crippen LogP contribution < -0.4 is 5.32 Å². The molecule has 0 spiro atoms. The normalized spacial score (nSPS) is 18.8. The third kappa shape index (κ3) is 4.43. The molecule has 5 heterocycles. The van der Waals surface area contributed by atoms with Gasteiger partial charge in [-0.3, -0.25) is 9.47 Å². The lowest BCUT2D eigenvalue weighted by Crippen LogP contribution is -2.36. The maximum Gasteiger partial charge on any atom is 0.146 e. The number of imidazole rings is 1. The maximum atomic E-state index is 5.51. The summed E-state index contributed by atoms with van der Waals surface area (Å²) in [5.74, 6) is 3.44. The van der Waals surface area contributed by atoms with E-state index in [4.69, 9.17) is 14.7 Å². The molecule has 0 unspecified atom stereocenters. The van der Waals surface area contributed by atoms with Crippen LogP contribution >= 0.6 is 11.3 Å². The number of fused-ring (bicyclic) bond motifs is 3. The van der Waals surface area contributed by atoms with E-state index < -0.39 is 0 Å². The highest BCUT2D eigenvalue weighted by molar-refractivity contribution is 7.19. The number of pyridine rings is 1. The van der Waals surface area contributed by atoms with Crippen molar-refractivity contribution in [3.8, 4) is 5.82 Å². The fourth-order valence-electron chi connectivity index (χ4n) is 4.80. The number of nitrogens with zero attached hydrogens (tertiary/aromatic N) is 6. The minimum Gasteiger partial charge on any atom is -0.379 e. The predicted molar refractivity (Wildman–Crippen MR) is 133 cm³/mol. The number of anilines is 1. The monoisotopic (exact) mass is 475 g/mol. The van der Waals surface area contributed by atoms with Crippen molar-refractivity contribution >= 4 is 27.4 Å². The first-order chi connectivity index (χ1) is 16.7. The second-order valence-corrected chi connectivity index (χ2v) is 10.3. The number of rotatable bonds is 6. The molecule has 6 rings (SSSR count). The smallest absolute Gasteiger partial charge is 0.146 e. The molecular weight excluding hydrogens is 446 g/mol. The number of aromatic nitrogens is 5. The van der Waals surface area contributed by atoms with Crippen molar-refractivity contribution in [2.24, 2.45) is 5.92 Å². The highest BCUT2D eigenvalue weighted by atomic mass is 32.1. The Kier molecular flexibility index (Phi) is 5.98. The van der Waals surface area contributed by atoms with Gasteiger partial charge in [0.15, 0.2) is 0 Å². The lowest BCUT2D eigenvalue weighted by Gasteiger charge is -2.26. The Balaban J connectivity index is 1.29. The topological polar surface area (TPSA) is 81.0 Å². The number of aryl methyl sites for hydroxylation is 1. The second-order valence-electron chi connectivity index (χ2n) is 9.26. The van der Waals surface area contributed by atoms with E-state index in [-0.39, 0.29) is 0 Å². The summed E-state index contributed by atoms with van der Waals surface area (Å²) < 4.78 is 7.42. The molecular formula is C25H29N7OS. The fraction of sp³-hybridized carbons (Fsp3) is 0.440. The molecule has 1 N–H and O–H groups in total. The third-order valence-corrected chi connectivity index (χ3v) is 7.86. The molecule has 1 saturated heterocycles. The van der Waals surface area contributed by atoms with E-state index in [0.29, 0.717) is 6.54 Å². The largest absolute Gasteiger partial charge is 0.379 e. The summed E-state index contributed by atoms with van der Waals surface area (Å²) in [6, 6.07) is 4.12. The lowest BCUT2D eigenvalue weighted by atomic mass is 9.89. The lowest BCUT2D eigenvalue weighted by molar-refractivity contribution is 0.0331. The van der Waals surface area contributed by atoms with Gasteiger partial charge in [-0.05, 0) is 42.4 Å². The SMILES string of the molecule is C[C@H]1CCc2c(sc3nc(CN4CCOCC4)nc(NCc4ccc(-n5ccnc5)nc4)c23)C1. The van der Waals surface area contributed by atoms with Crippen molar-refractivity contribution in [1.82, 2.24) is 29.4 Å². The highest BCUT2D eigenvalue weighted by Crippen LogP contribution is 2.40. The van der Waals surface area contributed by atoms with Gasteiger partial charge in [0.25, 0.3) is 0 Å². The van der Waals surface area contributed by atoms with Crippen molar-refractivity contribution < 1.29 is 4.74 Å². The van der Waals surface area contributed by atoms with Crippen LogP contribution in [0.15, 0.2) is 37.1 Å². The maximum absolute atomic E-state index is 5.51. The fourth-order valence-corrected chi connectivity index (χ4v) is 6.20. The summed E-state index contributed by atoms with van der Waals surface area (Å²) in [7, 11) is 0. The van der Waals surface area contributed by atoms with Gasteiger partial charge < -0.3 is 10.1 Å². The molecule has 0 saturated carbocycles. The van der Waals surface area contributed by atoms with Crippen molar-refractivity contribution in [1.29, 1.82) is 0 Å². The van der Waals surface area contributed by atoms with Gasteiger partial charge in [0.1, 0.15) is 28.6 Å². The van der Waals surface area contributed by atoms with Crippen LogP contribution in [-0.4, -0.2) is 55.7 Å². The zero-order valence-corrected chi connectivity index (χ0v) is 20.2. The molecule has 0 aromatic carbocycles. The first-order valence-electron chi connectivity index (χ1n) is 12.0. The van der Waals surface area contributed by atoms with Crippen LogP contribution in [0.1, 0.15) is 35.2 Å². The van der Waals surface area contributed by atoms with Gasteiger partial charge in [-0.1, -0.05) is 13.0 Å². The number of ether oxygens (including phenoxy) is 1. The molecule has 176 valence electrons. The number of morpholine rings is 1. The minimum atomic E-state index is 0.668. The van der Waals surface area contributed by atoms with Crippen LogP contribution in [0.2, 0.25) is 0 Å². The molecule has 1 aliphatic carbocycles. The molecule has 34 heavy (non-hydrogen) atoms. The van der Waals surface area contributed by atoms with Gasteiger partial charge in [0, 0.05) is 43.1 Å². The Labute approximate surface area is 203 Å². The third-order valence-electron chi connectivity index (χ3n) is 6.71. The van der Waals surface area contributed by atoms with E-state index in [0.717, 1.165) is 79.5 Å². The van der Waals surface area contributed by atoms with Crippen LogP contribution in [0.25, 0.3) is 16.0 Å². The van der Waals surface area contributed by atoms with Crippen molar-refractivity contribution in [3.05, 3.63) is 58.9 Å². The summed E-state index contributed by atoms with van der Waals surface area (Å²) in [6.45, 7) is 7.19. The molecule has 0 amide bonds.